The highest BCUT2D eigenvalue weighted by atomic mass is 19.1. The summed E-state index contributed by atoms with van der Waals surface area (Å²) in [6.45, 7) is 0. The second-order valence-corrected chi connectivity index (χ2v) is 4.50. The van der Waals surface area contributed by atoms with Gasteiger partial charge < -0.3 is 10.3 Å². The molecule has 0 bridgehead atoms. The fraction of sp³-hybridized carbons (Fsp3) is 0. The molecule has 0 aliphatic carbocycles. The molecule has 1 aromatic heterocycles. The fourth-order valence-corrected chi connectivity index (χ4v) is 2.17. The lowest BCUT2D eigenvalue weighted by Gasteiger charge is -2.06. The van der Waals surface area contributed by atoms with Gasteiger partial charge in [-0.05, 0) is 24.3 Å². The number of benzene rings is 2. The summed E-state index contributed by atoms with van der Waals surface area (Å²) >= 11 is 0. The van der Waals surface area contributed by atoms with E-state index in [2.05, 4.69) is 10.3 Å². The number of amides is 1. The molecule has 0 unspecified atom stereocenters. The SMILES string of the molecule is N#Cc1cc(F)ccc1NC(=O)c1c[nH]c2ccccc12. The van der Waals surface area contributed by atoms with E-state index in [9.17, 15) is 9.18 Å². The van der Waals surface area contributed by atoms with Crippen molar-refractivity contribution in [2.75, 3.05) is 5.32 Å². The first kappa shape index (κ1) is 12.9. The average Bonchev–Trinajstić information content (AvgIpc) is 2.93. The van der Waals surface area contributed by atoms with E-state index in [0.717, 1.165) is 17.0 Å². The molecule has 2 N–H and O–H groups in total. The molecule has 0 radical (unpaired) electrons. The lowest BCUT2D eigenvalue weighted by atomic mass is 10.1. The maximum atomic E-state index is 13.1. The topological polar surface area (TPSA) is 68.7 Å². The minimum atomic E-state index is -0.517. The number of carbonyl (C=O) groups is 1. The van der Waals surface area contributed by atoms with Crippen molar-refractivity contribution in [1.82, 2.24) is 4.98 Å². The predicted octanol–water partition coefficient (Wildman–Crippen LogP) is 3.43. The fourth-order valence-electron chi connectivity index (χ4n) is 2.17. The van der Waals surface area contributed by atoms with Crippen LogP contribution in [0, 0.1) is 17.1 Å². The summed E-state index contributed by atoms with van der Waals surface area (Å²) in [4.78, 5) is 15.3. The Morgan fingerprint density at radius 2 is 2.05 bits per heavy atom. The summed E-state index contributed by atoms with van der Waals surface area (Å²) in [5.74, 6) is -0.868. The molecule has 0 atom stereocenters. The van der Waals surface area contributed by atoms with Crippen LogP contribution in [-0.4, -0.2) is 10.9 Å². The molecule has 21 heavy (non-hydrogen) atoms. The minimum Gasteiger partial charge on any atom is -0.360 e. The highest BCUT2D eigenvalue weighted by molar-refractivity contribution is 6.13. The third kappa shape index (κ3) is 2.35. The zero-order valence-electron chi connectivity index (χ0n) is 10.9. The van der Waals surface area contributed by atoms with E-state index < -0.39 is 5.82 Å². The van der Waals surface area contributed by atoms with E-state index >= 15 is 0 Å². The van der Waals surface area contributed by atoms with Gasteiger partial charge in [-0.2, -0.15) is 5.26 Å². The summed E-state index contributed by atoms with van der Waals surface area (Å²) in [5, 5.41) is 12.4. The number of nitriles is 1. The average molecular weight is 279 g/mol. The van der Waals surface area contributed by atoms with Crippen LogP contribution < -0.4 is 5.32 Å². The van der Waals surface area contributed by atoms with Gasteiger partial charge in [-0.3, -0.25) is 4.79 Å². The van der Waals surface area contributed by atoms with Crippen molar-refractivity contribution in [1.29, 1.82) is 5.26 Å². The quantitative estimate of drug-likeness (QED) is 0.754. The largest absolute Gasteiger partial charge is 0.360 e. The van der Waals surface area contributed by atoms with Crippen molar-refractivity contribution in [2.45, 2.75) is 0 Å². The number of H-pyrrole nitrogens is 1. The number of rotatable bonds is 2. The Bertz CT molecular complexity index is 877. The molecule has 0 aliphatic rings. The lowest BCUT2D eigenvalue weighted by molar-refractivity contribution is 0.102. The number of nitrogens with one attached hydrogen (secondary N) is 2. The number of halogens is 1. The van der Waals surface area contributed by atoms with Crippen LogP contribution in [0.15, 0.2) is 48.7 Å². The summed E-state index contributed by atoms with van der Waals surface area (Å²) < 4.78 is 13.1. The second kappa shape index (κ2) is 5.10. The molecule has 102 valence electrons. The summed E-state index contributed by atoms with van der Waals surface area (Å²) in [5.41, 5.74) is 1.69. The number of aromatic amines is 1. The molecule has 3 aromatic rings. The van der Waals surface area contributed by atoms with Gasteiger partial charge in [0.25, 0.3) is 5.91 Å². The molecule has 4 nitrogen and oxygen atoms in total. The van der Waals surface area contributed by atoms with Gasteiger partial charge in [0, 0.05) is 17.1 Å². The van der Waals surface area contributed by atoms with Gasteiger partial charge in [0.05, 0.1) is 16.8 Å². The molecule has 0 saturated heterocycles. The Balaban J connectivity index is 1.96. The Labute approximate surface area is 119 Å². The molecule has 2 aromatic carbocycles. The van der Waals surface area contributed by atoms with Crippen molar-refractivity contribution >= 4 is 22.5 Å². The maximum Gasteiger partial charge on any atom is 0.257 e. The van der Waals surface area contributed by atoms with Crippen LogP contribution in [0.2, 0.25) is 0 Å². The number of hydrogen-bond acceptors (Lipinski definition) is 2. The molecule has 1 amide bonds. The van der Waals surface area contributed by atoms with E-state index in [4.69, 9.17) is 5.26 Å². The van der Waals surface area contributed by atoms with E-state index in [-0.39, 0.29) is 17.2 Å². The minimum absolute atomic E-state index is 0.0863. The summed E-state index contributed by atoms with van der Waals surface area (Å²) in [6.07, 6.45) is 1.61. The van der Waals surface area contributed by atoms with Crippen molar-refractivity contribution in [2.24, 2.45) is 0 Å². The third-order valence-electron chi connectivity index (χ3n) is 3.18. The number of nitrogens with zero attached hydrogens (tertiary/aromatic N) is 1. The van der Waals surface area contributed by atoms with Crippen LogP contribution in [0.25, 0.3) is 10.9 Å². The molecule has 0 aliphatic heterocycles. The van der Waals surface area contributed by atoms with Crippen molar-refractivity contribution in [3.05, 3.63) is 65.6 Å². The second-order valence-electron chi connectivity index (χ2n) is 4.50. The van der Waals surface area contributed by atoms with E-state index in [1.54, 1.807) is 6.20 Å². The zero-order chi connectivity index (χ0) is 14.8. The number of carbonyl (C=O) groups excluding carboxylic acids is 1. The number of aromatic nitrogens is 1. The highest BCUT2D eigenvalue weighted by Crippen LogP contribution is 2.21. The third-order valence-corrected chi connectivity index (χ3v) is 3.18. The van der Waals surface area contributed by atoms with Crippen molar-refractivity contribution in [3.8, 4) is 6.07 Å². The molecule has 0 fully saturated rings. The number of para-hydroxylation sites is 1. The van der Waals surface area contributed by atoms with Crippen molar-refractivity contribution in [3.63, 3.8) is 0 Å². The molecule has 0 spiro atoms. The summed E-state index contributed by atoms with van der Waals surface area (Å²) in [6, 6.07) is 12.9. The van der Waals surface area contributed by atoms with Gasteiger partial charge in [-0.1, -0.05) is 18.2 Å². The molecule has 0 saturated carbocycles. The molecule has 1 heterocycles. The maximum absolute atomic E-state index is 13.1. The van der Waals surface area contributed by atoms with Crippen LogP contribution in [0.4, 0.5) is 10.1 Å². The monoisotopic (exact) mass is 279 g/mol. The molecular formula is C16H10FN3O. The molecule has 3 rings (SSSR count). The van der Waals surface area contributed by atoms with Gasteiger partial charge in [-0.25, -0.2) is 4.39 Å². The molecular weight excluding hydrogens is 269 g/mol. The van der Waals surface area contributed by atoms with Crippen LogP contribution in [0.5, 0.6) is 0 Å². The molecule has 5 heteroatoms. The van der Waals surface area contributed by atoms with E-state index in [1.165, 1.54) is 12.1 Å². The number of anilines is 1. The van der Waals surface area contributed by atoms with Crippen LogP contribution in [-0.2, 0) is 0 Å². The van der Waals surface area contributed by atoms with Crippen molar-refractivity contribution < 1.29 is 9.18 Å². The zero-order valence-corrected chi connectivity index (χ0v) is 10.9. The van der Waals surface area contributed by atoms with Gasteiger partial charge >= 0.3 is 0 Å². The Hall–Kier alpha value is -3.13. The predicted molar refractivity (Wildman–Crippen MR) is 77.4 cm³/mol. The first-order chi connectivity index (χ1) is 10.2. The normalized spacial score (nSPS) is 10.3. The Morgan fingerprint density at radius 3 is 2.86 bits per heavy atom. The smallest absolute Gasteiger partial charge is 0.257 e. The van der Waals surface area contributed by atoms with Gasteiger partial charge in [0.15, 0.2) is 0 Å². The van der Waals surface area contributed by atoms with Crippen LogP contribution >= 0.6 is 0 Å². The van der Waals surface area contributed by atoms with Crippen LogP contribution in [0.3, 0.4) is 0 Å². The Morgan fingerprint density at radius 1 is 1.24 bits per heavy atom. The number of fused-ring (bicyclic) bond motifs is 1. The number of hydrogen-bond donors (Lipinski definition) is 2. The Kier molecular flexibility index (Phi) is 3.13. The highest BCUT2D eigenvalue weighted by Gasteiger charge is 2.13. The standard InChI is InChI=1S/C16H10FN3O/c17-11-5-6-14(10(7-11)8-18)20-16(21)13-9-19-15-4-2-1-3-12(13)15/h1-7,9,19H,(H,20,21). The van der Waals surface area contributed by atoms with E-state index in [1.807, 2.05) is 30.3 Å². The van der Waals surface area contributed by atoms with Gasteiger partial charge in [0.1, 0.15) is 11.9 Å². The lowest BCUT2D eigenvalue weighted by Crippen LogP contribution is -2.12. The van der Waals surface area contributed by atoms with Gasteiger partial charge in [0.2, 0.25) is 0 Å². The van der Waals surface area contributed by atoms with Gasteiger partial charge in [-0.15, -0.1) is 0 Å². The first-order valence-electron chi connectivity index (χ1n) is 6.26. The first-order valence-corrected chi connectivity index (χ1v) is 6.26. The van der Waals surface area contributed by atoms with E-state index in [0.29, 0.717) is 5.56 Å². The summed E-state index contributed by atoms with van der Waals surface area (Å²) in [7, 11) is 0. The van der Waals surface area contributed by atoms with Crippen LogP contribution in [0.1, 0.15) is 15.9 Å².